The maximum absolute atomic E-state index is 12.9. The molecule has 0 unspecified atom stereocenters. The molecule has 27 heavy (non-hydrogen) atoms. The molecule has 0 spiro atoms. The second-order valence-corrected chi connectivity index (χ2v) is 6.63. The van der Waals surface area contributed by atoms with Crippen molar-refractivity contribution in [2.24, 2.45) is 0 Å². The fourth-order valence-electron chi connectivity index (χ4n) is 3.21. The van der Waals surface area contributed by atoms with Gasteiger partial charge in [0.1, 0.15) is 0 Å². The van der Waals surface area contributed by atoms with Crippen LogP contribution >= 0.6 is 0 Å². The van der Waals surface area contributed by atoms with E-state index in [2.05, 4.69) is 6.58 Å². The van der Waals surface area contributed by atoms with Gasteiger partial charge in [0.05, 0.1) is 17.0 Å². The summed E-state index contributed by atoms with van der Waals surface area (Å²) in [4.78, 5) is 37.2. The second kappa shape index (κ2) is 6.77. The number of ketones is 1. The highest BCUT2D eigenvalue weighted by Gasteiger charge is 2.50. The molecule has 0 aliphatic carbocycles. The minimum Gasteiger partial charge on any atom is -0.375 e. The zero-order valence-electron chi connectivity index (χ0n) is 14.7. The van der Waals surface area contributed by atoms with Crippen molar-refractivity contribution < 1.29 is 19.6 Å². The number of non-ortho nitro benzene ring substituents is 1. The first-order valence-electron chi connectivity index (χ1n) is 8.30. The number of nitrogens with zero attached hydrogens (tertiary/aromatic N) is 2. The Hall–Kier alpha value is -3.32. The van der Waals surface area contributed by atoms with Crippen LogP contribution < -0.4 is 4.90 Å². The summed E-state index contributed by atoms with van der Waals surface area (Å²) in [5.74, 6) is -1.06. The minimum absolute atomic E-state index is 0.139. The highest BCUT2D eigenvalue weighted by molar-refractivity contribution is 6.11. The number of hydrogen-bond acceptors (Lipinski definition) is 5. The lowest BCUT2D eigenvalue weighted by Gasteiger charge is -2.22. The van der Waals surface area contributed by atoms with Gasteiger partial charge in [-0.05, 0) is 25.1 Å². The van der Waals surface area contributed by atoms with E-state index in [4.69, 9.17) is 0 Å². The molecule has 1 atom stereocenters. The van der Waals surface area contributed by atoms with Crippen molar-refractivity contribution in [2.45, 2.75) is 18.9 Å². The van der Waals surface area contributed by atoms with Crippen LogP contribution in [0.4, 0.5) is 11.4 Å². The molecule has 0 aromatic heterocycles. The van der Waals surface area contributed by atoms with Crippen molar-refractivity contribution in [1.82, 2.24) is 0 Å². The van der Waals surface area contributed by atoms with E-state index in [9.17, 15) is 24.8 Å². The molecular formula is C20H18N2O5. The van der Waals surface area contributed by atoms with E-state index < -0.39 is 28.6 Å². The Morgan fingerprint density at radius 3 is 2.44 bits per heavy atom. The van der Waals surface area contributed by atoms with E-state index in [0.29, 0.717) is 11.3 Å². The van der Waals surface area contributed by atoms with E-state index in [1.54, 1.807) is 31.2 Å². The smallest absolute Gasteiger partial charge is 0.269 e. The molecule has 7 heteroatoms. The number of anilines is 1. The van der Waals surface area contributed by atoms with E-state index in [1.807, 2.05) is 0 Å². The molecule has 2 aromatic carbocycles. The van der Waals surface area contributed by atoms with Crippen LogP contribution in [0, 0.1) is 10.1 Å². The molecule has 1 heterocycles. The van der Waals surface area contributed by atoms with Crippen LogP contribution in [0.25, 0.3) is 0 Å². The Bertz CT molecular complexity index is 951. The van der Waals surface area contributed by atoms with Crippen LogP contribution in [0.1, 0.15) is 29.3 Å². The summed E-state index contributed by atoms with van der Waals surface area (Å²) in [6, 6.07) is 11.9. The third-order valence-corrected chi connectivity index (χ3v) is 4.48. The van der Waals surface area contributed by atoms with Crippen molar-refractivity contribution in [3.8, 4) is 0 Å². The standard InChI is InChI=1S/C20H18N2O5/c1-13(2)12-21-17-6-4-3-5-16(17)20(25,19(21)24)11-18(23)14-7-9-15(10-8-14)22(26)27/h3-10,25H,1,11-12H2,2H3/t20-/m0/s1. The first-order valence-corrected chi connectivity index (χ1v) is 8.30. The first-order chi connectivity index (χ1) is 12.7. The molecule has 1 aliphatic heterocycles. The molecule has 7 nitrogen and oxygen atoms in total. The van der Waals surface area contributed by atoms with Gasteiger partial charge in [0.15, 0.2) is 11.4 Å². The minimum atomic E-state index is -1.98. The van der Waals surface area contributed by atoms with Gasteiger partial charge in [-0.2, -0.15) is 0 Å². The van der Waals surface area contributed by atoms with Gasteiger partial charge < -0.3 is 10.0 Å². The lowest BCUT2D eigenvalue weighted by molar-refractivity contribution is -0.384. The molecular weight excluding hydrogens is 348 g/mol. The number of fused-ring (bicyclic) bond motifs is 1. The quantitative estimate of drug-likeness (QED) is 0.367. The average Bonchev–Trinajstić information content (AvgIpc) is 2.84. The van der Waals surface area contributed by atoms with Crippen molar-refractivity contribution in [1.29, 1.82) is 0 Å². The monoisotopic (exact) mass is 366 g/mol. The average molecular weight is 366 g/mol. The van der Waals surface area contributed by atoms with Gasteiger partial charge in [-0.3, -0.25) is 19.7 Å². The zero-order valence-corrected chi connectivity index (χ0v) is 14.7. The highest BCUT2D eigenvalue weighted by atomic mass is 16.6. The normalized spacial score (nSPS) is 18.3. The Morgan fingerprint density at radius 2 is 1.85 bits per heavy atom. The van der Waals surface area contributed by atoms with E-state index in [0.717, 1.165) is 5.57 Å². The molecule has 2 aromatic rings. The summed E-state index contributed by atoms with van der Waals surface area (Å²) < 4.78 is 0. The van der Waals surface area contributed by atoms with Crippen LogP contribution in [-0.4, -0.2) is 28.3 Å². The number of amides is 1. The largest absolute Gasteiger partial charge is 0.375 e. The molecule has 1 aliphatic rings. The fraction of sp³-hybridized carbons (Fsp3) is 0.200. The van der Waals surface area contributed by atoms with Crippen molar-refractivity contribution in [3.63, 3.8) is 0 Å². The Balaban J connectivity index is 1.93. The van der Waals surface area contributed by atoms with Crippen molar-refractivity contribution in [2.75, 3.05) is 11.4 Å². The molecule has 138 valence electrons. The highest BCUT2D eigenvalue weighted by Crippen LogP contribution is 2.43. The van der Waals surface area contributed by atoms with E-state index in [1.165, 1.54) is 29.2 Å². The lowest BCUT2D eigenvalue weighted by Crippen LogP contribution is -2.42. The number of nitro groups is 1. The Morgan fingerprint density at radius 1 is 1.22 bits per heavy atom. The van der Waals surface area contributed by atoms with E-state index in [-0.39, 0.29) is 17.8 Å². The molecule has 1 N–H and O–H groups in total. The molecule has 0 bridgehead atoms. The SMILES string of the molecule is C=C(C)CN1C(=O)[C@](O)(CC(=O)c2ccc([N+](=O)[O-])cc2)c2ccccc21. The van der Waals surface area contributed by atoms with Gasteiger partial charge in [0.25, 0.3) is 11.6 Å². The summed E-state index contributed by atoms with van der Waals surface area (Å²) in [7, 11) is 0. The van der Waals surface area contributed by atoms with Gasteiger partial charge in [0.2, 0.25) is 0 Å². The number of carbonyl (C=O) groups excluding carboxylic acids is 2. The summed E-state index contributed by atoms with van der Waals surface area (Å²) in [5, 5.41) is 21.9. The predicted molar refractivity (Wildman–Crippen MR) is 99.5 cm³/mol. The summed E-state index contributed by atoms with van der Waals surface area (Å²) in [6.45, 7) is 5.82. The summed E-state index contributed by atoms with van der Waals surface area (Å²) >= 11 is 0. The van der Waals surface area contributed by atoms with Gasteiger partial charge in [-0.15, -0.1) is 0 Å². The first kappa shape index (κ1) is 18.5. The molecule has 0 saturated carbocycles. The van der Waals surface area contributed by atoms with Crippen LogP contribution in [0.15, 0.2) is 60.7 Å². The topological polar surface area (TPSA) is 101 Å². The van der Waals surface area contributed by atoms with Crippen LogP contribution in [0.3, 0.4) is 0 Å². The number of nitro benzene ring substituents is 1. The predicted octanol–water partition coefficient (Wildman–Crippen LogP) is 2.98. The van der Waals surface area contributed by atoms with Crippen LogP contribution in [0.2, 0.25) is 0 Å². The molecule has 3 rings (SSSR count). The maximum Gasteiger partial charge on any atom is 0.269 e. The molecule has 0 saturated heterocycles. The Labute approximate surface area is 155 Å². The fourth-order valence-corrected chi connectivity index (χ4v) is 3.21. The van der Waals surface area contributed by atoms with Gasteiger partial charge >= 0.3 is 0 Å². The van der Waals surface area contributed by atoms with E-state index >= 15 is 0 Å². The third kappa shape index (κ3) is 3.24. The van der Waals surface area contributed by atoms with Crippen molar-refractivity contribution >= 4 is 23.1 Å². The summed E-state index contributed by atoms with van der Waals surface area (Å²) in [5.41, 5.74) is -0.275. The number of benzene rings is 2. The number of Topliss-reactive ketones (excluding diaryl/α,β-unsaturated/α-hetero) is 1. The lowest BCUT2D eigenvalue weighted by atomic mass is 9.88. The maximum atomic E-state index is 12.9. The number of rotatable bonds is 6. The van der Waals surface area contributed by atoms with Crippen LogP contribution in [-0.2, 0) is 10.4 Å². The molecule has 0 fully saturated rings. The van der Waals surface area contributed by atoms with Gasteiger partial charge in [0, 0.05) is 29.8 Å². The van der Waals surface area contributed by atoms with Crippen molar-refractivity contribution in [3.05, 3.63) is 81.9 Å². The number of para-hydroxylation sites is 1. The zero-order chi connectivity index (χ0) is 19.8. The second-order valence-electron chi connectivity index (χ2n) is 6.63. The number of carbonyl (C=O) groups is 2. The summed E-state index contributed by atoms with van der Waals surface area (Å²) in [6.07, 6.45) is -0.451. The Kier molecular flexibility index (Phi) is 4.63. The number of aliphatic hydroxyl groups is 1. The molecule has 0 radical (unpaired) electrons. The number of hydrogen-bond donors (Lipinski definition) is 1. The third-order valence-electron chi connectivity index (χ3n) is 4.48. The molecule has 1 amide bonds. The van der Waals surface area contributed by atoms with Gasteiger partial charge in [-0.25, -0.2) is 0 Å². The van der Waals surface area contributed by atoms with Crippen LogP contribution in [0.5, 0.6) is 0 Å². The van der Waals surface area contributed by atoms with Gasteiger partial charge in [-0.1, -0.05) is 30.4 Å².